The van der Waals surface area contributed by atoms with E-state index in [0.29, 0.717) is 0 Å². The van der Waals surface area contributed by atoms with Crippen molar-refractivity contribution in [1.82, 2.24) is 4.98 Å². The number of H-pyrrole nitrogens is 1. The van der Waals surface area contributed by atoms with Crippen molar-refractivity contribution in [3.63, 3.8) is 0 Å². The predicted molar refractivity (Wildman–Crippen MR) is 144 cm³/mol. The van der Waals surface area contributed by atoms with Crippen LogP contribution in [-0.4, -0.2) is 4.98 Å². The number of furan rings is 2. The fourth-order valence-electron chi connectivity index (χ4n) is 6.73. The highest BCUT2D eigenvalue weighted by atomic mass is 16.3. The zero-order valence-corrected chi connectivity index (χ0v) is 18.4. The first-order chi connectivity index (χ1) is 17.3. The molecule has 0 unspecified atom stereocenters. The summed E-state index contributed by atoms with van der Waals surface area (Å²) < 4.78 is 13.1. The molecule has 10 aromatic rings. The SMILES string of the molecule is c1ccc(-c2cc3oc4ccc5ccc6oc7ccc8ccc9[nH]c2c2c9c8c7c6c5c4c32)cc1. The highest BCUT2D eigenvalue weighted by Gasteiger charge is 2.26. The van der Waals surface area contributed by atoms with Crippen molar-refractivity contribution < 1.29 is 8.83 Å². The van der Waals surface area contributed by atoms with Crippen LogP contribution in [0.15, 0.2) is 93.8 Å². The topological polar surface area (TPSA) is 42.1 Å². The fourth-order valence-corrected chi connectivity index (χ4v) is 6.73. The molecule has 0 aliphatic heterocycles. The monoisotopic (exact) mass is 445 g/mol. The Morgan fingerprint density at radius 3 is 1.71 bits per heavy atom. The van der Waals surface area contributed by atoms with Gasteiger partial charge in [-0.05, 0) is 46.7 Å². The van der Waals surface area contributed by atoms with Gasteiger partial charge in [0.2, 0.25) is 0 Å². The van der Waals surface area contributed by atoms with Gasteiger partial charge in [-0.15, -0.1) is 0 Å². The summed E-state index contributed by atoms with van der Waals surface area (Å²) in [7, 11) is 0. The second-order valence-corrected chi connectivity index (χ2v) is 9.74. The molecule has 0 saturated carbocycles. The molecular weight excluding hydrogens is 430 g/mol. The molecule has 0 amide bonds. The molecule has 0 spiro atoms. The normalized spacial score (nSPS) is 13.1. The second kappa shape index (κ2) is 5.31. The maximum Gasteiger partial charge on any atom is 0.136 e. The van der Waals surface area contributed by atoms with E-state index in [-0.39, 0.29) is 0 Å². The summed E-state index contributed by atoms with van der Waals surface area (Å²) in [6.45, 7) is 0. The Morgan fingerprint density at radius 1 is 0.457 bits per heavy atom. The van der Waals surface area contributed by atoms with Crippen molar-refractivity contribution in [2.75, 3.05) is 0 Å². The van der Waals surface area contributed by atoms with Gasteiger partial charge < -0.3 is 13.8 Å². The first-order valence-corrected chi connectivity index (χ1v) is 11.9. The highest BCUT2D eigenvalue weighted by Crippen LogP contribution is 2.51. The Labute approximate surface area is 197 Å². The maximum absolute atomic E-state index is 6.61. The molecule has 0 saturated heterocycles. The average molecular weight is 445 g/mol. The molecule has 10 rings (SSSR count). The van der Waals surface area contributed by atoms with Crippen LogP contribution in [0.3, 0.4) is 0 Å². The minimum Gasteiger partial charge on any atom is -0.456 e. The minimum absolute atomic E-state index is 0.918. The molecule has 35 heavy (non-hydrogen) atoms. The Morgan fingerprint density at radius 2 is 1.03 bits per heavy atom. The predicted octanol–water partition coefficient (Wildman–Crippen LogP) is 9.41. The average Bonchev–Trinajstić information content (AvgIpc) is 3.57. The minimum atomic E-state index is 0.918. The van der Waals surface area contributed by atoms with E-state index in [9.17, 15) is 0 Å². The third kappa shape index (κ3) is 1.75. The van der Waals surface area contributed by atoms with Crippen LogP contribution in [0.25, 0.3) is 98.4 Å². The van der Waals surface area contributed by atoms with Crippen LogP contribution in [0, 0.1) is 0 Å². The van der Waals surface area contributed by atoms with E-state index in [1.165, 1.54) is 59.4 Å². The molecule has 3 aromatic heterocycles. The van der Waals surface area contributed by atoms with Crippen molar-refractivity contribution in [3.05, 3.63) is 84.9 Å². The Kier molecular flexibility index (Phi) is 2.55. The molecule has 1 N–H and O–H groups in total. The van der Waals surface area contributed by atoms with Gasteiger partial charge in [0.15, 0.2) is 0 Å². The molecule has 0 aliphatic carbocycles. The molecule has 160 valence electrons. The summed E-state index contributed by atoms with van der Waals surface area (Å²) in [6, 6.07) is 30.1. The van der Waals surface area contributed by atoms with Crippen LogP contribution in [-0.2, 0) is 0 Å². The lowest BCUT2D eigenvalue weighted by Crippen LogP contribution is -1.84. The van der Waals surface area contributed by atoms with Crippen molar-refractivity contribution in [2.45, 2.75) is 0 Å². The third-order valence-corrected chi connectivity index (χ3v) is 8.08. The lowest BCUT2D eigenvalue weighted by molar-refractivity contribution is 0.669. The quantitative estimate of drug-likeness (QED) is 0.273. The summed E-state index contributed by atoms with van der Waals surface area (Å²) in [5.74, 6) is 0. The molecule has 0 atom stereocenters. The van der Waals surface area contributed by atoms with Gasteiger partial charge in [-0.25, -0.2) is 0 Å². The van der Waals surface area contributed by atoms with Gasteiger partial charge in [-0.2, -0.15) is 0 Å². The lowest BCUT2D eigenvalue weighted by atomic mass is 9.90. The van der Waals surface area contributed by atoms with E-state index in [1.54, 1.807) is 0 Å². The summed E-state index contributed by atoms with van der Waals surface area (Å²) in [6.07, 6.45) is 0. The summed E-state index contributed by atoms with van der Waals surface area (Å²) in [4.78, 5) is 3.82. The van der Waals surface area contributed by atoms with Gasteiger partial charge in [-0.1, -0.05) is 54.6 Å². The van der Waals surface area contributed by atoms with E-state index in [2.05, 4.69) is 89.9 Å². The number of rotatable bonds is 1. The molecule has 3 heterocycles. The van der Waals surface area contributed by atoms with E-state index >= 15 is 0 Å². The number of aromatic amines is 1. The molecular formula is C32H15NO2. The van der Waals surface area contributed by atoms with Crippen LogP contribution >= 0.6 is 0 Å². The number of hydrogen-bond acceptors (Lipinski definition) is 2. The summed E-state index contributed by atoms with van der Waals surface area (Å²) >= 11 is 0. The number of benzene rings is 6. The van der Waals surface area contributed by atoms with Crippen LogP contribution in [0.2, 0.25) is 0 Å². The van der Waals surface area contributed by atoms with Gasteiger partial charge >= 0.3 is 0 Å². The van der Waals surface area contributed by atoms with Crippen molar-refractivity contribution in [1.29, 1.82) is 0 Å². The zero-order valence-electron chi connectivity index (χ0n) is 18.4. The van der Waals surface area contributed by atoms with Crippen molar-refractivity contribution >= 4 is 87.2 Å². The second-order valence-electron chi connectivity index (χ2n) is 9.74. The summed E-state index contributed by atoms with van der Waals surface area (Å²) in [5, 5.41) is 12.2. The number of hydrogen-bond donors (Lipinski definition) is 1. The fraction of sp³-hybridized carbons (Fsp3) is 0. The Balaban J connectivity index is 1.68. The molecule has 7 aromatic carbocycles. The van der Waals surface area contributed by atoms with E-state index in [0.717, 1.165) is 38.9 Å². The van der Waals surface area contributed by atoms with Crippen molar-refractivity contribution in [3.8, 4) is 11.1 Å². The number of aromatic nitrogens is 1. The van der Waals surface area contributed by atoms with E-state index in [4.69, 9.17) is 8.83 Å². The first-order valence-electron chi connectivity index (χ1n) is 11.9. The molecule has 3 heteroatoms. The van der Waals surface area contributed by atoms with Crippen LogP contribution < -0.4 is 0 Å². The lowest BCUT2D eigenvalue weighted by Gasteiger charge is -2.10. The van der Waals surface area contributed by atoms with Gasteiger partial charge in [0.25, 0.3) is 0 Å². The number of nitrogens with one attached hydrogen (secondary N) is 1. The van der Waals surface area contributed by atoms with Gasteiger partial charge in [0, 0.05) is 54.2 Å². The summed E-state index contributed by atoms with van der Waals surface area (Å²) in [5.41, 5.74) is 8.33. The Hall–Kier alpha value is -4.76. The van der Waals surface area contributed by atoms with Gasteiger partial charge in [-0.3, -0.25) is 0 Å². The molecule has 0 radical (unpaired) electrons. The smallest absolute Gasteiger partial charge is 0.136 e. The van der Waals surface area contributed by atoms with Crippen LogP contribution in [0.5, 0.6) is 0 Å². The first kappa shape index (κ1) is 16.8. The van der Waals surface area contributed by atoms with Gasteiger partial charge in [0.05, 0.1) is 5.52 Å². The largest absolute Gasteiger partial charge is 0.456 e. The maximum atomic E-state index is 6.61. The molecule has 0 aliphatic rings. The third-order valence-electron chi connectivity index (χ3n) is 8.08. The van der Waals surface area contributed by atoms with E-state index in [1.807, 2.05) is 0 Å². The van der Waals surface area contributed by atoms with Crippen molar-refractivity contribution in [2.24, 2.45) is 0 Å². The molecule has 0 bridgehead atoms. The Bertz CT molecular complexity index is 2420. The highest BCUT2D eigenvalue weighted by molar-refractivity contribution is 6.45. The van der Waals surface area contributed by atoms with Crippen LogP contribution in [0.1, 0.15) is 0 Å². The zero-order chi connectivity index (χ0) is 22.4. The van der Waals surface area contributed by atoms with Gasteiger partial charge in [0.1, 0.15) is 22.3 Å². The van der Waals surface area contributed by atoms with Crippen LogP contribution in [0.4, 0.5) is 0 Å². The molecule has 3 nitrogen and oxygen atoms in total. The van der Waals surface area contributed by atoms with E-state index < -0.39 is 0 Å². The standard InChI is InChI=1S/C32H15NO2/c1-2-4-15(5-3-1)18-14-23-30-29-22(35-23)13-9-17-8-12-21-28(25(17)29)27-20(34-21)11-7-16-6-10-19-26(24(16)27)31(30)32(18)33-19/h1-14,33H. The molecule has 0 fully saturated rings.